The maximum Gasteiger partial charge on any atom is 0.478 e. The van der Waals surface area contributed by atoms with Crippen molar-refractivity contribution in [2.24, 2.45) is 5.73 Å². The number of hydrogen-bond acceptors (Lipinski definition) is 4. The van der Waals surface area contributed by atoms with Crippen LogP contribution < -0.4 is 5.73 Å². The summed E-state index contributed by atoms with van der Waals surface area (Å²) >= 11 is 0. The van der Waals surface area contributed by atoms with Gasteiger partial charge in [-0.05, 0) is 23.3 Å². The summed E-state index contributed by atoms with van der Waals surface area (Å²) in [5.74, 6) is -0.396. The molecule has 0 spiro atoms. The van der Waals surface area contributed by atoms with Crippen LogP contribution in [-0.4, -0.2) is 25.5 Å². The van der Waals surface area contributed by atoms with E-state index in [1.54, 1.807) is 12.1 Å². The molecule has 0 radical (unpaired) electrons. The first-order chi connectivity index (χ1) is 11.0. The number of benzene rings is 2. The fourth-order valence-electron chi connectivity index (χ4n) is 1.62. The van der Waals surface area contributed by atoms with Gasteiger partial charge in [-0.1, -0.05) is 42.5 Å². The summed E-state index contributed by atoms with van der Waals surface area (Å²) in [5, 5.41) is 0. The monoisotopic (exact) mass is 375 g/mol. The summed E-state index contributed by atoms with van der Waals surface area (Å²) in [4.78, 5) is 42.0. The Kier molecular flexibility index (Phi) is 7.01. The topological polar surface area (TPSA) is 167 Å². The molecule has 2 aromatic carbocycles. The third kappa shape index (κ3) is 8.14. The first kappa shape index (κ1) is 20.2. The predicted octanol–water partition coefficient (Wildman–Crippen LogP) is 1.64. The van der Waals surface area contributed by atoms with Gasteiger partial charge in [0.25, 0.3) is 0 Å². The third-order valence-corrected chi connectivity index (χ3v) is 4.17. The summed E-state index contributed by atoms with van der Waals surface area (Å²) in [6.45, 7) is 0. The number of phosphoric acid groups is 2. The lowest BCUT2D eigenvalue weighted by atomic mass is 10.0. The average molecular weight is 375 g/mol. The van der Waals surface area contributed by atoms with Gasteiger partial charge in [-0.2, -0.15) is 4.31 Å². The molecular weight excluding hydrogens is 360 g/mol. The van der Waals surface area contributed by atoms with Crippen LogP contribution in [0.5, 0.6) is 0 Å². The van der Waals surface area contributed by atoms with Crippen molar-refractivity contribution in [2.75, 3.05) is 0 Å². The van der Waals surface area contributed by atoms with E-state index >= 15 is 0 Å². The second-order valence-corrected chi connectivity index (χ2v) is 6.99. The lowest BCUT2D eigenvalue weighted by Gasteiger charge is -2.03. The molecule has 0 atom stereocenters. The number of primary amides is 1. The Labute approximate surface area is 137 Å². The van der Waals surface area contributed by atoms with E-state index in [0.717, 1.165) is 11.1 Å². The van der Waals surface area contributed by atoms with Crippen LogP contribution >= 0.6 is 15.6 Å². The van der Waals surface area contributed by atoms with Gasteiger partial charge in [0.2, 0.25) is 5.91 Å². The quantitative estimate of drug-likeness (QED) is 0.503. The van der Waals surface area contributed by atoms with Gasteiger partial charge in [0, 0.05) is 5.56 Å². The number of carbonyl (C=O) groups is 1. The first-order valence-corrected chi connectivity index (χ1v) is 9.32. The summed E-state index contributed by atoms with van der Waals surface area (Å²) in [7, 11) is -10.1. The molecule has 0 heterocycles. The number of hydrogen-bond donors (Lipinski definition) is 5. The average Bonchev–Trinajstić information content (AvgIpc) is 2.45. The van der Waals surface area contributed by atoms with Crippen molar-refractivity contribution in [3.8, 4) is 11.1 Å². The molecule has 11 heteroatoms. The highest BCUT2D eigenvalue weighted by atomic mass is 31.3. The van der Waals surface area contributed by atoms with Crippen LogP contribution in [0.4, 0.5) is 0 Å². The lowest BCUT2D eigenvalue weighted by Crippen LogP contribution is -2.10. The number of nitrogens with two attached hydrogens (primary N) is 1. The molecule has 0 aliphatic carbocycles. The Morgan fingerprint density at radius 2 is 1.33 bits per heavy atom. The molecule has 1 amide bonds. The van der Waals surface area contributed by atoms with Gasteiger partial charge in [0.1, 0.15) is 0 Å². The zero-order chi connectivity index (χ0) is 18.4. The maximum absolute atomic E-state index is 11.0. The normalized spacial score (nSPS) is 11.3. The second kappa shape index (κ2) is 8.32. The minimum atomic E-state index is -5.05. The Balaban J connectivity index is 0.000000277. The molecule has 6 N–H and O–H groups in total. The van der Waals surface area contributed by atoms with Gasteiger partial charge >= 0.3 is 15.6 Å². The van der Waals surface area contributed by atoms with Crippen molar-refractivity contribution in [3.63, 3.8) is 0 Å². The third-order valence-electron chi connectivity index (χ3n) is 2.47. The smallest absolute Gasteiger partial charge is 0.366 e. The van der Waals surface area contributed by atoms with E-state index < -0.39 is 21.6 Å². The van der Waals surface area contributed by atoms with Gasteiger partial charge in [0.15, 0.2) is 0 Å². The molecule has 0 fully saturated rings. The molecule has 0 aromatic heterocycles. The van der Waals surface area contributed by atoms with E-state index in [-0.39, 0.29) is 0 Å². The molecular formula is C13H15NO8P2. The van der Waals surface area contributed by atoms with E-state index in [1.165, 1.54) is 0 Å². The van der Waals surface area contributed by atoms with Gasteiger partial charge in [-0.25, -0.2) is 9.13 Å². The van der Waals surface area contributed by atoms with Crippen LogP contribution in [0.2, 0.25) is 0 Å². The van der Waals surface area contributed by atoms with Crippen molar-refractivity contribution < 1.29 is 37.8 Å². The summed E-state index contributed by atoms with van der Waals surface area (Å²) in [6, 6.07) is 17.2. The molecule has 0 bridgehead atoms. The van der Waals surface area contributed by atoms with Crippen molar-refractivity contribution >= 4 is 21.6 Å². The minimum absolute atomic E-state index is 0.396. The molecule has 2 rings (SSSR count). The second-order valence-electron chi connectivity index (χ2n) is 4.37. The Morgan fingerprint density at radius 3 is 1.75 bits per heavy atom. The van der Waals surface area contributed by atoms with Crippen LogP contribution in [0.15, 0.2) is 54.6 Å². The molecule has 0 aliphatic rings. The fourth-order valence-corrected chi connectivity index (χ4v) is 2.73. The van der Waals surface area contributed by atoms with Crippen molar-refractivity contribution in [1.82, 2.24) is 0 Å². The van der Waals surface area contributed by atoms with E-state index in [1.807, 2.05) is 42.5 Å². The standard InChI is InChI=1S/C13H11NO.H4O7P2/c14-13(15)12-8-4-7-11(9-12)10-5-2-1-3-6-10;1-8(2,3)7-9(4,5)6/h1-9H,(H2,14,15);(H2,1,2,3)(H2,4,5,6). The Bertz CT molecular complexity index is 764. The molecule has 2 aromatic rings. The van der Waals surface area contributed by atoms with E-state index in [2.05, 4.69) is 4.31 Å². The highest BCUT2D eigenvalue weighted by molar-refractivity contribution is 7.60. The van der Waals surface area contributed by atoms with Crippen molar-refractivity contribution in [3.05, 3.63) is 60.2 Å². The maximum atomic E-state index is 11.0. The van der Waals surface area contributed by atoms with E-state index in [9.17, 15) is 13.9 Å². The molecule has 9 nitrogen and oxygen atoms in total. The lowest BCUT2D eigenvalue weighted by molar-refractivity contribution is 0.1000. The molecule has 130 valence electrons. The summed E-state index contributed by atoms with van der Waals surface area (Å²) < 4.78 is 22.2. The van der Waals surface area contributed by atoms with Crippen molar-refractivity contribution in [1.29, 1.82) is 0 Å². The van der Waals surface area contributed by atoms with Gasteiger partial charge in [0.05, 0.1) is 0 Å². The SMILES string of the molecule is NC(=O)c1cccc(-c2ccccc2)c1.O=P(O)(O)OP(=O)(O)O. The fraction of sp³-hybridized carbons (Fsp3) is 0. The van der Waals surface area contributed by atoms with Gasteiger partial charge < -0.3 is 25.3 Å². The molecule has 0 aliphatic heterocycles. The van der Waals surface area contributed by atoms with Crippen molar-refractivity contribution in [2.45, 2.75) is 0 Å². The van der Waals surface area contributed by atoms with Gasteiger partial charge in [-0.3, -0.25) is 4.79 Å². The summed E-state index contributed by atoms with van der Waals surface area (Å²) in [5.41, 5.74) is 7.85. The van der Waals surface area contributed by atoms with Crippen LogP contribution in [0.1, 0.15) is 10.4 Å². The number of amides is 1. The van der Waals surface area contributed by atoms with Crippen LogP contribution in [0, 0.1) is 0 Å². The summed E-state index contributed by atoms with van der Waals surface area (Å²) in [6.07, 6.45) is 0. The first-order valence-electron chi connectivity index (χ1n) is 6.26. The molecule has 0 unspecified atom stereocenters. The molecule has 24 heavy (non-hydrogen) atoms. The zero-order valence-corrected chi connectivity index (χ0v) is 13.9. The predicted molar refractivity (Wildman–Crippen MR) is 85.6 cm³/mol. The van der Waals surface area contributed by atoms with Crippen LogP contribution in [-0.2, 0) is 13.4 Å². The highest BCUT2D eigenvalue weighted by Crippen LogP contribution is 2.53. The van der Waals surface area contributed by atoms with Crippen LogP contribution in [0.25, 0.3) is 11.1 Å². The van der Waals surface area contributed by atoms with E-state index in [4.69, 9.17) is 25.3 Å². The number of rotatable bonds is 4. The molecule has 0 saturated carbocycles. The minimum Gasteiger partial charge on any atom is -0.366 e. The highest BCUT2D eigenvalue weighted by Gasteiger charge is 2.27. The largest absolute Gasteiger partial charge is 0.478 e. The van der Waals surface area contributed by atoms with Crippen LogP contribution in [0.3, 0.4) is 0 Å². The molecule has 0 saturated heterocycles. The number of carbonyl (C=O) groups excluding carboxylic acids is 1. The zero-order valence-electron chi connectivity index (χ0n) is 12.1. The van der Waals surface area contributed by atoms with E-state index in [0.29, 0.717) is 5.56 Å². The Morgan fingerprint density at radius 1 is 0.833 bits per heavy atom. The van der Waals surface area contributed by atoms with Gasteiger partial charge in [-0.15, -0.1) is 0 Å². The Hall–Kier alpha value is -1.83.